The monoisotopic (exact) mass is 1160 g/mol. The zero-order valence-corrected chi connectivity index (χ0v) is 47.2. The largest absolute Gasteiger partial charge is 3.00 e. The van der Waals surface area contributed by atoms with Crippen molar-refractivity contribution in [2.24, 2.45) is 0 Å². The minimum Gasteiger partial charge on any atom is -0.305 e. The summed E-state index contributed by atoms with van der Waals surface area (Å²) in [4.78, 5) is 13.0. The first-order valence-electron chi connectivity index (χ1n) is 27.5. The molecule has 382 valence electrons. The Labute approximate surface area is 463 Å². The predicted molar refractivity (Wildman–Crippen MR) is 312 cm³/mol. The van der Waals surface area contributed by atoms with Crippen LogP contribution in [0, 0.1) is 32.0 Å². The van der Waals surface area contributed by atoms with E-state index in [1.807, 2.05) is 103 Å². The van der Waals surface area contributed by atoms with Gasteiger partial charge in [-0.05, 0) is 113 Å². The smallest absolute Gasteiger partial charge is 0.305 e. The average molecular weight is 1160 g/mol. The summed E-state index contributed by atoms with van der Waals surface area (Å²) in [6, 6.07) is 71.6. The van der Waals surface area contributed by atoms with Crippen LogP contribution in [-0.4, -0.2) is 15.0 Å². The van der Waals surface area contributed by atoms with Crippen LogP contribution in [-0.2, 0) is 31.9 Å². The number of benzene rings is 6. The van der Waals surface area contributed by atoms with E-state index in [0.717, 1.165) is 40.2 Å². The Morgan fingerprint density at radius 3 is 1.36 bits per heavy atom. The summed E-state index contributed by atoms with van der Waals surface area (Å²) in [7, 11) is 0. The van der Waals surface area contributed by atoms with E-state index in [2.05, 4.69) is 140 Å². The second kappa shape index (κ2) is 29.5. The quantitative estimate of drug-likeness (QED) is 0.0564. The van der Waals surface area contributed by atoms with Crippen molar-refractivity contribution in [1.82, 2.24) is 15.0 Å². The van der Waals surface area contributed by atoms with Crippen LogP contribution in [0.1, 0.15) is 137 Å². The van der Waals surface area contributed by atoms with Crippen LogP contribution in [0.4, 0.5) is 0 Å². The standard InChI is InChI=1S/C49H58N.2C11H8N.Ir/c1-5-7-9-11-13-16-30-49(31-17-14-12-10-8-6-2)46-34-38(4)21-28-44(46)45-29-26-41(36-47(45)49)43-27-20-37(3)33-42(43)35-39-22-24-40(25-23-39)48-19-15-18-32-50-48;2*1-2-6-10(7-3-1)11-8-4-5-9-12-11;/h15,18-24,26-29,32-34,36H,5-14,16-17,30-31,35H2,1-4H3;2*1-6,8-9H;/q3*-1;+3. The van der Waals surface area contributed by atoms with Gasteiger partial charge in [0.15, 0.2) is 0 Å². The molecule has 6 aromatic carbocycles. The number of aromatic nitrogens is 3. The number of nitrogens with zero attached hydrogens (tertiary/aromatic N) is 3. The van der Waals surface area contributed by atoms with Gasteiger partial charge in [-0.3, -0.25) is 0 Å². The van der Waals surface area contributed by atoms with Crippen LogP contribution < -0.4 is 0 Å². The number of pyridine rings is 3. The van der Waals surface area contributed by atoms with E-state index in [1.165, 1.54) is 134 Å². The summed E-state index contributed by atoms with van der Waals surface area (Å²) in [6.45, 7) is 9.14. The molecule has 0 amide bonds. The zero-order chi connectivity index (χ0) is 51.2. The average Bonchev–Trinajstić information content (AvgIpc) is 3.74. The number of rotatable bonds is 20. The first-order valence-corrected chi connectivity index (χ1v) is 27.5. The van der Waals surface area contributed by atoms with Gasteiger partial charge in [-0.15, -0.1) is 107 Å². The van der Waals surface area contributed by atoms with E-state index in [-0.39, 0.29) is 25.5 Å². The molecule has 1 aliphatic rings. The van der Waals surface area contributed by atoms with Gasteiger partial charge in [0.25, 0.3) is 0 Å². The fourth-order valence-electron chi connectivity index (χ4n) is 10.6. The molecular formula is C71H74IrN3. The summed E-state index contributed by atoms with van der Waals surface area (Å²) in [5.74, 6) is 0. The van der Waals surface area contributed by atoms with Crippen molar-refractivity contribution >= 4 is 0 Å². The summed E-state index contributed by atoms with van der Waals surface area (Å²) in [5, 5.41) is 0. The van der Waals surface area contributed by atoms with Crippen molar-refractivity contribution in [2.75, 3.05) is 0 Å². The summed E-state index contributed by atoms with van der Waals surface area (Å²) in [6.07, 6.45) is 24.9. The molecule has 0 saturated heterocycles. The molecule has 9 aromatic rings. The van der Waals surface area contributed by atoms with Crippen LogP contribution in [0.25, 0.3) is 56.0 Å². The van der Waals surface area contributed by atoms with Gasteiger partial charge in [0.1, 0.15) is 0 Å². The van der Waals surface area contributed by atoms with E-state index in [0.29, 0.717) is 0 Å². The van der Waals surface area contributed by atoms with Crippen molar-refractivity contribution in [3.05, 3.63) is 246 Å². The number of hydrogen-bond donors (Lipinski definition) is 0. The maximum atomic E-state index is 4.53. The van der Waals surface area contributed by atoms with Gasteiger partial charge in [0.05, 0.1) is 0 Å². The van der Waals surface area contributed by atoms with E-state index in [1.54, 1.807) is 23.5 Å². The summed E-state index contributed by atoms with van der Waals surface area (Å²) >= 11 is 0. The van der Waals surface area contributed by atoms with Crippen LogP contribution in [0.15, 0.2) is 195 Å². The molecule has 3 nitrogen and oxygen atoms in total. The summed E-state index contributed by atoms with van der Waals surface area (Å²) in [5.41, 5.74) is 20.3. The van der Waals surface area contributed by atoms with Crippen LogP contribution >= 0.6 is 0 Å². The summed E-state index contributed by atoms with van der Waals surface area (Å²) < 4.78 is 0. The van der Waals surface area contributed by atoms with Crippen LogP contribution in [0.5, 0.6) is 0 Å². The fourth-order valence-corrected chi connectivity index (χ4v) is 10.6. The first kappa shape index (κ1) is 56.2. The van der Waals surface area contributed by atoms with Gasteiger partial charge < -0.3 is 15.0 Å². The molecule has 1 aliphatic carbocycles. The number of aryl methyl sites for hydroxylation is 2. The minimum absolute atomic E-state index is 0. The normalized spacial score (nSPS) is 11.7. The van der Waals surface area contributed by atoms with Crippen molar-refractivity contribution in [1.29, 1.82) is 0 Å². The molecule has 3 aromatic heterocycles. The van der Waals surface area contributed by atoms with Gasteiger partial charge in [-0.25, -0.2) is 0 Å². The number of hydrogen-bond acceptors (Lipinski definition) is 3. The molecule has 0 saturated carbocycles. The molecule has 0 atom stereocenters. The van der Waals surface area contributed by atoms with Crippen molar-refractivity contribution in [2.45, 2.75) is 129 Å². The minimum atomic E-state index is 0. The number of fused-ring (bicyclic) bond motifs is 3. The van der Waals surface area contributed by atoms with E-state index < -0.39 is 0 Å². The van der Waals surface area contributed by atoms with Crippen LogP contribution in [0.2, 0.25) is 0 Å². The maximum absolute atomic E-state index is 4.53. The molecule has 0 spiro atoms. The third kappa shape index (κ3) is 15.5. The van der Waals surface area contributed by atoms with Crippen molar-refractivity contribution < 1.29 is 20.1 Å². The Hall–Kier alpha value is -6.58. The SMILES string of the molecule is CCCCCCCCC1(CCCCCCCC)c2cc(C)ccc2-c2ccc(-c3ccc(C)cc3Cc3c[c-]c(-c4ccccn4)cc3)cc21.[Ir+3].[c-]1ccccc1-c1ccccn1.[c-]1ccccc1-c1ccccn1. The molecule has 10 rings (SSSR count). The second-order valence-electron chi connectivity index (χ2n) is 20.1. The van der Waals surface area contributed by atoms with Crippen molar-refractivity contribution in [3.63, 3.8) is 0 Å². The molecule has 3 heterocycles. The molecule has 0 N–H and O–H groups in total. The molecule has 4 heteroatoms. The zero-order valence-electron chi connectivity index (χ0n) is 44.8. The number of unbranched alkanes of at least 4 members (excludes halogenated alkanes) is 10. The van der Waals surface area contributed by atoms with Crippen LogP contribution in [0.3, 0.4) is 0 Å². The van der Waals surface area contributed by atoms with Gasteiger partial charge in [-0.2, -0.15) is 0 Å². The molecule has 0 aliphatic heterocycles. The Bertz CT molecular complexity index is 2880. The fraction of sp³-hybridized carbons (Fsp3) is 0.282. The molecule has 0 fully saturated rings. The molecule has 0 bridgehead atoms. The Kier molecular flexibility index (Phi) is 22.1. The van der Waals surface area contributed by atoms with E-state index in [9.17, 15) is 0 Å². The maximum Gasteiger partial charge on any atom is 3.00 e. The van der Waals surface area contributed by atoms with E-state index >= 15 is 0 Å². The molecule has 0 unspecified atom stereocenters. The third-order valence-electron chi connectivity index (χ3n) is 14.5. The second-order valence-corrected chi connectivity index (χ2v) is 20.1. The van der Waals surface area contributed by atoms with Gasteiger partial charge in [-0.1, -0.05) is 187 Å². The Morgan fingerprint density at radius 1 is 0.413 bits per heavy atom. The Balaban J connectivity index is 0.000000265. The van der Waals surface area contributed by atoms with E-state index in [4.69, 9.17) is 0 Å². The van der Waals surface area contributed by atoms with Crippen molar-refractivity contribution in [3.8, 4) is 56.0 Å². The van der Waals surface area contributed by atoms with Gasteiger partial charge in [0.2, 0.25) is 0 Å². The first-order chi connectivity index (χ1) is 36.5. The van der Waals surface area contributed by atoms with Gasteiger partial charge >= 0.3 is 20.1 Å². The topological polar surface area (TPSA) is 38.7 Å². The molecule has 0 radical (unpaired) electrons. The van der Waals surface area contributed by atoms with Gasteiger partial charge in [0, 0.05) is 24.0 Å². The third-order valence-corrected chi connectivity index (χ3v) is 14.5. The molecular weight excluding hydrogens is 1090 g/mol. The molecule has 75 heavy (non-hydrogen) atoms. The Morgan fingerprint density at radius 2 is 0.880 bits per heavy atom. The predicted octanol–water partition coefficient (Wildman–Crippen LogP) is 19.3.